The molecular weight excluding hydrogens is 270 g/mol. The van der Waals surface area contributed by atoms with Crippen LogP contribution in [0.1, 0.15) is 47.5 Å². The predicted octanol–water partition coefficient (Wildman–Crippen LogP) is 2.94. The van der Waals surface area contributed by atoms with Gasteiger partial charge in [-0.25, -0.2) is 9.78 Å². The van der Waals surface area contributed by atoms with E-state index in [4.69, 9.17) is 5.11 Å². The number of aromatic nitrogens is 1. The summed E-state index contributed by atoms with van der Waals surface area (Å²) in [5.41, 5.74) is -0.0306. The van der Waals surface area contributed by atoms with E-state index in [1.807, 2.05) is 0 Å². The van der Waals surface area contributed by atoms with E-state index in [2.05, 4.69) is 4.98 Å². The van der Waals surface area contributed by atoms with Crippen molar-refractivity contribution < 1.29 is 15.0 Å². The average molecular weight is 287 g/mol. The molecule has 100 valence electrons. The fourth-order valence-corrected chi connectivity index (χ4v) is 4.36. The van der Waals surface area contributed by atoms with Crippen molar-refractivity contribution in [3.8, 4) is 0 Å². The lowest BCUT2D eigenvalue weighted by atomic mass is 9.86. The first-order valence-electron chi connectivity index (χ1n) is 6.06. The van der Waals surface area contributed by atoms with Crippen LogP contribution in [0.4, 0.5) is 0 Å². The second-order valence-corrected chi connectivity index (χ2v) is 6.99. The van der Waals surface area contributed by atoms with E-state index in [1.54, 1.807) is 6.92 Å². The summed E-state index contributed by atoms with van der Waals surface area (Å²) in [5, 5.41) is 19.3. The molecule has 18 heavy (non-hydrogen) atoms. The molecule has 4 nitrogen and oxygen atoms in total. The molecular formula is C12H17NO3S2. The standard InChI is InChI=1S/C12H17NO3S2/c1-8-9(10(14)15)18-11(13-8)17-7-12(16)5-3-2-4-6-12/h16H,2-7H2,1H3,(H,14,15). The molecule has 1 aliphatic carbocycles. The van der Waals surface area contributed by atoms with Crippen molar-refractivity contribution in [3.63, 3.8) is 0 Å². The van der Waals surface area contributed by atoms with Crippen LogP contribution in [0.5, 0.6) is 0 Å². The van der Waals surface area contributed by atoms with E-state index in [-0.39, 0.29) is 0 Å². The van der Waals surface area contributed by atoms with Crippen LogP contribution in [0.3, 0.4) is 0 Å². The number of thioether (sulfide) groups is 1. The van der Waals surface area contributed by atoms with E-state index in [1.165, 1.54) is 29.5 Å². The minimum atomic E-state index is -0.923. The predicted molar refractivity (Wildman–Crippen MR) is 72.6 cm³/mol. The van der Waals surface area contributed by atoms with Crippen molar-refractivity contribution >= 4 is 29.1 Å². The molecule has 2 N–H and O–H groups in total. The van der Waals surface area contributed by atoms with Crippen LogP contribution < -0.4 is 0 Å². The summed E-state index contributed by atoms with van der Waals surface area (Å²) >= 11 is 2.67. The maximum absolute atomic E-state index is 10.9. The third-order valence-electron chi connectivity index (χ3n) is 3.22. The molecule has 6 heteroatoms. The summed E-state index contributed by atoms with van der Waals surface area (Å²) in [4.78, 5) is 15.5. The SMILES string of the molecule is Cc1nc(SCC2(O)CCCCC2)sc1C(=O)O. The summed E-state index contributed by atoms with van der Waals surface area (Å²) in [5.74, 6) is -0.313. The van der Waals surface area contributed by atoms with Gasteiger partial charge in [0.05, 0.1) is 11.3 Å². The summed E-state index contributed by atoms with van der Waals surface area (Å²) in [6.07, 6.45) is 5.04. The molecule has 0 unspecified atom stereocenters. The molecule has 2 rings (SSSR count). The van der Waals surface area contributed by atoms with E-state index in [0.29, 0.717) is 16.3 Å². The molecule has 1 saturated carbocycles. The van der Waals surface area contributed by atoms with Crippen molar-refractivity contribution in [3.05, 3.63) is 10.6 Å². The molecule has 0 amide bonds. The van der Waals surface area contributed by atoms with Crippen molar-refractivity contribution in [2.75, 3.05) is 5.75 Å². The van der Waals surface area contributed by atoms with E-state index < -0.39 is 11.6 Å². The van der Waals surface area contributed by atoms with Gasteiger partial charge in [-0.05, 0) is 19.8 Å². The maximum Gasteiger partial charge on any atom is 0.347 e. The first kappa shape index (κ1) is 13.8. The van der Waals surface area contributed by atoms with Crippen LogP contribution >= 0.6 is 23.1 Å². The monoisotopic (exact) mass is 287 g/mol. The Morgan fingerprint density at radius 1 is 1.44 bits per heavy atom. The Hall–Kier alpha value is -0.590. The fraction of sp³-hybridized carbons (Fsp3) is 0.667. The number of thiazole rings is 1. The van der Waals surface area contributed by atoms with Crippen LogP contribution in [0.2, 0.25) is 0 Å². The number of aromatic carboxylic acids is 1. The smallest absolute Gasteiger partial charge is 0.347 e. The summed E-state index contributed by atoms with van der Waals surface area (Å²) in [6, 6.07) is 0. The highest BCUT2D eigenvalue weighted by Crippen LogP contribution is 2.35. The Kier molecular flexibility index (Phi) is 4.29. The Balaban J connectivity index is 1.97. The zero-order valence-corrected chi connectivity index (χ0v) is 11.9. The fourth-order valence-electron chi connectivity index (χ4n) is 2.18. The van der Waals surface area contributed by atoms with Crippen molar-refractivity contribution in [1.82, 2.24) is 4.98 Å². The Labute approximate surface area is 114 Å². The molecule has 0 bridgehead atoms. The topological polar surface area (TPSA) is 70.4 Å². The minimum Gasteiger partial charge on any atom is -0.477 e. The van der Waals surface area contributed by atoms with Gasteiger partial charge in [-0.2, -0.15) is 0 Å². The molecule has 1 fully saturated rings. The van der Waals surface area contributed by atoms with Gasteiger partial charge >= 0.3 is 5.97 Å². The molecule has 0 saturated heterocycles. The molecule has 1 heterocycles. The third-order valence-corrected chi connectivity index (χ3v) is 5.78. The number of carboxylic acids is 1. The van der Waals surface area contributed by atoms with Gasteiger partial charge in [-0.1, -0.05) is 31.0 Å². The number of rotatable bonds is 4. The van der Waals surface area contributed by atoms with Gasteiger partial charge in [0.15, 0.2) is 4.34 Å². The minimum absolute atomic E-state index is 0.299. The van der Waals surface area contributed by atoms with Crippen LogP contribution in [-0.4, -0.2) is 32.5 Å². The molecule has 1 aromatic heterocycles. The van der Waals surface area contributed by atoms with Crippen LogP contribution in [0.25, 0.3) is 0 Å². The number of nitrogens with zero attached hydrogens (tertiary/aromatic N) is 1. The van der Waals surface area contributed by atoms with Gasteiger partial charge in [0, 0.05) is 5.75 Å². The van der Waals surface area contributed by atoms with E-state index >= 15 is 0 Å². The van der Waals surface area contributed by atoms with Gasteiger partial charge < -0.3 is 10.2 Å². The zero-order chi connectivity index (χ0) is 13.2. The normalized spacial score (nSPS) is 18.8. The molecule has 0 spiro atoms. The van der Waals surface area contributed by atoms with E-state index in [0.717, 1.165) is 30.0 Å². The Bertz CT molecular complexity index is 439. The average Bonchev–Trinajstić information content (AvgIpc) is 2.69. The van der Waals surface area contributed by atoms with Gasteiger partial charge in [-0.3, -0.25) is 0 Å². The van der Waals surface area contributed by atoms with Gasteiger partial charge in [-0.15, -0.1) is 11.3 Å². The van der Waals surface area contributed by atoms with Crippen LogP contribution in [0, 0.1) is 6.92 Å². The molecule has 0 aromatic carbocycles. The molecule has 0 atom stereocenters. The number of hydrogen-bond acceptors (Lipinski definition) is 5. The quantitative estimate of drug-likeness (QED) is 0.833. The number of aryl methyl sites for hydroxylation is 1. The highest BCUT2D eigenvalue weighted by Gasteiger charge is 2.29. The summed E-state index contributed by atoms with van der Waals surface area (Å²) < 4.78 is 0.740. The highest BCUT2D eigenvalue weighted by atomic mass is 32.2. The van der Waals surface area contributed by atoms with Gasteiger partial charge in [0.25, 0.3) is 0 Å². The second kappa shape index (κ2) is 5.59. The van der Waals surface area contributed by atoms with Gasteiger partial charge in [0.2, 0.25) is 0 Å². The third kappa shape index (κ3) is 3.24. The van der Waals surface area contributed by atoms with Gasteiger partial charge in [0.1, 0.15) is 4.88 Å². The zero-order valence-electron chi connectivity index (χ0n) is 10.3. The van der Waals surface area contributed by atoms with Crippen molar-refractivity contribution in [1.29, 1.82) is 0 Å². The first-order valence-corrected chi connectivity index (χ1v) is 7.86. The number of carboxylic acid groups (broad SMARTS) is 1. The lowest BCUT2D eigenvalue weighted by Crippen LogP contribution is -2.33. The molecule has 0 radical (unpaired) electrons. The largest absolute Gasteiger partial charge is 0.477 e. The highest BCUT2D eigenvalue weighted by molar-refractivity contribution is 8.01. The summed E-state index contributed by atoms with van der Waals surface area (Å²) in [7, 11) is 0. The lowest BCUT2D eigenvalue weighted by molar-refractivity contribution is 0.0273. The van der Waals surface area contributed by atoms with Crippen LogP contribution in [0.15, 0.2) is 4.34 Å². The van der Waals surface area contributed by atoms with Crippen molar-refractivity contribution in [2.45, 2.75) is 49.0 Å². The number of carbonyl (C=O) groups is 1. The molecule has 1 aromatic rings. The van der Waals surface area contributed by atoms with Crippen molar-refractivity contribution in [2.24, 2.45) is 0 Å². The first-order chi connectivity index (χ1) is 8.50. The number of aliphatic hydroxyl groups is 1. The number of hydrogen-bond donors (Lipinski definition) is 2. The van der Waals surface area contributed by atoms with E-state index in [9.17, 15) is 9.90 Å². The Morgan fingerprint density at radius 2 is 2.11 bits per heavy atom. The Morgan fingerprint density at radius 3 is 2.67 bits per heavy atom. The lowest BCUT2D eigenvalue weighted by Gasteiger charge is -2.31. The molecule has 1 aliphatic rings. The van der Waals surface area contributed by atoms with Crippen LogP contribution in [-0.2, 0) is 0 Å². The maximum atomic E-state index is 10.9. The summed E-state index contributed by atoms with van der Waals surface area (Å²) in [6.45, 7) is 1.71. The second-order valence-electron chi connectivity index (χ2n) is 4.77. The molecule has 0 aliphatic heterocycles.